The van der Waals surface area contributed by atoms with Crippen molar-refractivity contribution in [3.8, 4) is 0 Å². The van der Waals surface area contributed by atoms with Crippen LogP contribution in [-0.4, -0.2) is 17.7 Å². The summed E-state index contributed by atoms with van der Waals surface area (Å²) in [6, 6.07) is 9.54. The molecule has 0 radical (unpaired) electrons. The van der Waals surface area contributed by atoms with E-state index in [1.807, 2.05) is 0 Å². The molecule has 0 aliphatic rings. The van der Waals surface area contributed by atoms with Crippen LogP contribution in [0.4, 0.5) is 15.8 Å². The number of carbonyl (C=O) groups excluding carboxylic acids is 3. The van der Waals surface area contributed by atoms with Crippen LogP contribution in [0.5, 0.6) is 0 Å². The minimum atomic E-state index is -0.717. The van der Waals surface area contributed by atoms with Crippen molar-refractivity contribution in [2.75, 3.05) is 10.6 Å². The molecule has 2 rings (SSSR count). The highest BCUT2D eigenvalue weighted by Crippen LogP contribution is 2.17. The molecule has 0 unspecified atom stereocenters. The zero-order valence-corrected chi connectivity index (χ0v) is 12.2. The molecule has 23 heavy (non-hydrogen) atoms. The van der Waals surface area contributed by atoms with E-state index in [1.54, 1.807) is 0 Å². The lowest BCUT2D eigenvalue weighted by molar-refractivity contribution is -0.114. The summed E-state index contributed by atoms with van der Waals surface area (Å²) in [5.74, 6) is -2.31. The summed E-state index contributed by atoms with van der Waals surface area (Å²) in [5, 5.41) is 4.98. The third-order valence-electron chi connectivity index (χ3n) is 2.96. The van der Waals surface area contributed by atoms with E-state index in [-0.39, 0.29) is 11.5 Å². The Morgan fingerprint density at radius 1 is 0.957 bits per heavy atom. The molecule has 118 valence electrons. The zero-order valence-electron chi connectivity index (χ0n) is 12.2. The molecule has 0 heterocycles. The molecule has 2 aromatic carbocycles. The van der Waals surface area contributed by atoms with Gasteiger partial charge in [0.2, 0.25) is 11.8 Å². The van der Waals surface area contributed by atoms with Crippen LogP contribution in [0.1, 0.15) is 27.6 Å². The second kappa shape index (κ2) is 6.69. The van der Waals surface area contributed by atoms with E-state index in [0.717, 1.165) is 6.07 Å². The molecule has 0 aliphatic carbocycles. The molecule has 0 atom stereocenters. The quantitative estimate of drug-likeness (QED) is 0.805. The highest BCUT2D eigenvalue weighted by molar-refractivity contribution is 6.05. The number of anilines is 2. The highest BCUT2D eigenvalue weighted by Gasteiger charge is 2.13. The van der Waals surface area contributed by atoms with Gasteiger partial charge in [-0.2, -0.15) is 0 Å². The Bertz CT molecular complexity index is 773. The lowest BCUT2D eigenvalue weighted by Gasteiger charge is -2.09. The molecule has 3 amide bonds. The van der Waals surface area contributed by atoms with Crippen LogP contribution in [0.2, 0.25) is 0 Å². The Morgan fingerprint density at radius 2 is 1.57 bits per heavy atom. The standard InChI is InChI=1S/C16H14FN3O3/c1-9(21)19-12-6-7-14(17)13(8-12)16(23)20-11-4-2-10(3-5-11)15(18)22/h2-8H,1H3,(H2,18,22)(H,19,21)(H,20,23). The molecule has 0 fully saturated rings. The van der Waals surface area contributed by atoms with Crippen LogP contribution >= 0.6 is 0 Å². The van der Waals surface area contributed by atoms with Gasteiger partial charge in [-0.1, -0.05) is 0 Å². The summed E-state index contributed by atoms with van der Waals surface area (Å²) < 4.78 is 13.8. The van der Waals surface area contributed by atoms with E-state index in [4.69, 9.17) is 5.73 Å². The van der Waals surface area contributed by atoms with Crippen molar-refractivity contribution in [3.05, 3.63) is 59.4 Å². The van der Waals surface area contributed by atoms with Crippen molar-refractivity contribution < 1.29 is 18.8 Å². The zero-order chi connectivity index (χ0) is 17.0. The number of amides is 3. The molecule has 0 saturated heterocycles. The summed E-state index contributed by atoms with van der Waals surface area (Å²) >= 11 is 0. The molecule has 7 heteroatoms. The topological polar surface area (TPSA) is 101 Å². The van der Waals surface area contributed by atoms with E-state index in [2.05, 4.69) is 10.6 Å². The number of hydrogen-bond donors (Lipinski definition) is 3. The van der Waals surface area contributed by atoms with Gasteiger partial charge in [-0.3, -0.25) is 14.4 Å². The van der Waals surface area contributed by atoms with Gasteiger partial charge in [0.25, 0.3) is 5.91 Å². The molecule has 0 saturated carbocycles. The number of rotatable bonds is 4. The Labute approximate surface area is 131 Å². The summed E-state index contributed by atoms with van der Waals surface area (Å²) in [5.41, 5.74) is 5.89. The van der Waals surface area contributed by atoms with Crippen molar-refractivity contribution in [1.82, 2.24) is 0 Å². The Morgan fingerprint density at radius 3 is 2.13 bits per heavy atom. The van der Waals surface area contributed by atoms with E-state index in [0.29, 0.717) is 16.9 Å². The normalized spacial score (nSPS) is 10.0. The van der Waals surface area contributed by atoms with Crippen molar-refractivity contribution in [2.24, 2.45) is 5.73 Å². The number of benzene rings is 2. The fourth-order valence-electron chi connectivity index (χ4n) is 1.90. The van der Waals surface area contributed by atoms with E-state index < -0.39 is 17.6 Å². The van der Waals surface area contributed by atoms with Gasteiger partial charge in [-0.05, 0) is 42.5 Å². The van der Waals surface area contributed by atoms with Gasteiger partial charge in [0.05, 0.1) is 5.56 Å². The van der Waals surface area contributed by atoms with Gasteiger partial charge in [0.1, 0.15) is 5.82 Å². The maximum absolute atomic E-state index is 13.8. The third kappa shape index (κ3) is 4.13. The van der Waals surface area contributed by atoms with Gasteiger partial charge < -0.3 is 16.4 Å². The SMILES string of the molecule is CC(=O)Nc1ccc(F)c(C(=O)Nc2ccc(C(N)=O)cc2)c1. The van der Waals surface area contributed by atoms with Gasteiger partial charge in [-0.25, -0.2) is 4.39 Å². The fraction of sp³-hybridized carbons (Fsp3) is 0.0625. The van der Waals surface area contributed by atoms with Crippen molar-refractivity contribution in [1.29, 1.82) is 0 Å². The van der Waals surface area contributed by atoms with Crippen LogP contribution in [0.15, 0.2) is 42.5 Å². The van der Waals surface area contributed by atoms with E-state index in [9.17, 15) is 18.8 Å². The van der Waals surface area contributed by atoms with Crippen LogP contribution < -0.4 is 16.4 Å². The molecule has 0 bridgehead atoms. The summed E-state index contributed by atoms with van der Waals surface area (Å²) in [6.45, 7) is 1.31. The number of nitrogens with two attached hydrogens (primary N) is 1. The maximum atomic E-state index is 13.8. The van der Waals surface area contributed by atoms with Crippen LogP contribution in [-0.2, 0) is 4.79 Å². The first-order valence-corrected chi connectivity index (χ1v) is 6.65. The van der Waals surface area contributed by atoms with E-state index in [1.165, 1.54) is 43.3 Å². The molecule has 0 aliphatic heterocycles. The summed E-state index contributed by atoms with van der Waals surface area (Å²) in [7, 11) is 0. The highest BCUT2D eigenvalue weighted by atomic mass is 19.1. The number of hydrogen-bond acceptors (Lipinski definition) is 3. The summed E-state index contributed by atoms with van der Waals surface area (Å²) in [4.78, 5) is 34.1. The fourth-order valence-corrected chi connectivity index (χ4v) is 1.90. The predicted molar refractivity (Wildman–Crippen MR) is 83.6 cm³/mol. The average molecular weight is 315 g/mol. The molecule has 2 aromatic rings. The number of halogens is 1. The summed E-state index contributed by atoms with van der Waals surface area (Å²) in [6.07, 6.45) is 0. The number of carbonyl (C=O) groups is 3. The smallest absolute Gasteiger partial charge is 0.258 e. The largest absolute Gasteiger partial charge is 0.366 e. The molecule has 4 N–H and O–H groups in total. The van der Waals surface area contributed by atoms with Crippen molar-refractivity contribution in [3.63, 3.8) is 0 Å². The minimum Gasteiger partial charge on any atom is -0.366 e. The first-order valence-electron chi connectivity index (χ1n) is 6.65. The van der Waals surface area contributed by atoms with Gasteiger partial charge in [0.15, 0.2) is 0 Å². The lowest BCUT2D eigenvalue weighted by Crippen LogP contribution is -2.15. The van der Waals surface area contributed by atoms with Crippen LogP contribution in [0, 0.1) is 5.82 Å². The molecule has 6 nitrogen and oxygen atoms in total. The van der Waals surface area contributed by atoms with Gasteiger partial charge in [0, 0.05) is 23.9 Å². The molecular formula is C16H14FN3O3. The maximum Gasteiger partial charge on any atom is 0.258 e. The van der Waals surface area contributed by atoms with Gasteiger partial charge in [-0.15, -0.1) is 0 Å². The van der Waals surface area contributed by atoms with Crippen molar-refractivity contribution in [2.45, 2.75) is 6.92 Å². The monoisotopic (exact) mass is 315 g/mol. The first-order chi connectivity index (χ1) is 10.9. The molecule has 0 aromatic heterocycles. The third-order valence-corrected chi connectivity index (χ3v) is 2.96. The average Bonchev–Trinajstić information content (AvgIpc) is 2.49. The van der Waals surface area contributed by atoms with Crippen LogP contribution in [0.25, 0.3) is 0 Å². The van der Waals surface area contributed by atoms with Crippen molar-refractivity contribution >= 4 is 29.1 Å². The Hall–Kier alpha value is -3.22. The van der Waals surface area contributed by atoms with Crippen LogP contribution in [0.3, 0.4) is 0 Å². The second-order valence-electron chi connectivity index (χ2n) is 4.77. The molecular weight excluding hydrogens is 301 g/mol. The minimum absolute atomic E-state index is 0.213. The Balaban J connectivity index is 2.19. The Kier molecular flexibility index (Phi) is 4.70. The lowest BCUT2D eigenvalue weighted by atomic mass is 10.1. The predicted octanol–water partition coefficient (Wildman–Crippen LogP) is 2.14. The number of nitrogens with one attached hydrogen (secondary N) is 2. The second-order valence-corrected chi connectivity index (χ2v) is 4.77. The molecule has 0 spiro atoms. The number of primary amides is 1. The van der Waals surface area contributed by atoms with E-state index >= 15 is 0 Å². The first kappa shape index (κ1) is 16.2. The van der Waals surface area contributed by atoms with Gasteiger partial charge >= 0.3 is 0 Å².